The predicted octanol–water partition coefficient (Wildman–Crippen LogP) is 3.14. The van der Waals surface area contributed by atoms with Gasteiger partial charge in [-0.25, -0.2) is 0 Å². The summed E-state index contributed by atoms with van der Waals surface area (Å²) in [5.74, 6) is 0.896. The normalized spacial score (nSPS) is 18.9. The predicted molar refractivity (Wildman–Crippen MR) is 84.1 cm³/mol. The molecule has 1 fully saturated rings. The molecule has 0 spiro atoms. The van der Waals surface area contributed by atoms with Crippen LogP contribution in [0.1, 0.15) is 44.6 Å². The van der Waals surface area contributed by atoms with Crippen molar-refractivity contribution in [1.29, 1.82) is 0 Å². The summed E-state index contributed by atoms with van der Waals surface area (Å²) in [5, 5.41) is 0. The molecule has 2 N–H and O–H groups in total. The van der Waals surface area contributed by atoms with Gasteiger partial charge in [0.25, 0.3) is 0 Å². The summed E-state index contributed by atoms with van der Waals surface area (Å²) in [6, 6.07) is 8.30. The highest BCUT2D eigenvalue weighted by atomic mass is 16.5. The highest BCUT2D eigenvalue weighted by molar-refractivity contribution is 5.32. The topological polar surface area (TPSA) is 38.5 Å². The van der Waals surface area contributed by atoms with Gasteiger partial charge in [0.05, 0.1) is 12.6 Å². The minimum Gasteiger partial charge on any atom is -0.497 e. The largest absolute Gasteiger partial charge is 0.497 e. The number of nitrogens with zero attached hydrogens (tertiary/aromatic N) is 1. The summed E-state index contributed by atoms with van der Waals surface area (Å²) in [5.41, 5.74) is 7.80. The van der Waals surface area contributed by atoms with Crippen molar-refractivity contribution in [2.24, 2.45) is 5.73 Å². The minimum absolute atomic E-state index is 0.230. The molecule has 1 aromatic rings. The van der Waals surface area contributed by atoms with E-state index in [2.05, 4.69) is 24.0 Å². The van der Waals surface area contributed by atoms with Gasteiger partial charge in [0.2, 0.25) is 0 Å². The lowest BCUT2D eigenvalue weighted by atomic mass is 9.85. The van der Waals surface area contributed by atoms with Crippen LogP contribution in [0.4, 0.5) is 0 Å². The Morgan fingerprint density at radius 1 is 1.20 bits per heavy atom. The van der Waals surface area contributed by atoms with E-state index in [9.17, 15) is 0 Å². The Labute approximate surface area is 123 Å². The van der Waals surface area contributed by atoms with Gasteiger partial charge in [-0.3, -0.25) is 0 Å². The monoisotopic (exact) mass is 276 g/mol. The molecule has 20 heavy (non-hydrogen) atoms. The lowest BCUT2D eigenvalue weighted by Crippen LogP contribution is -2.47. The molecule has 112 valence electrons. The van der Waals surface area contributed by atoms with Gasteiger partial charge in [-0.05, 0) is 50.0 Å². The third kappa shape index (κ3) is 3.74. The van der Waals surface area contributed by atoms with Gasteiger partial charge in [0, 0.05) is 6.54 Å². The molecular weight excluding hydrogens is 248 g/mol. The second kappa shape index (κ2) is 7.09. The molecule has 1 heterocycles. The molecule has 3 nitrogen and oxygen atoms in total. The average Bonchev–Trinajstić information content (AvgIpc) is 2.98. The molecule has 0 saturated carbocycles. The van der Waals surface area contributed by atoms with Gasteiger partial charge >= 0.3 is 0 Å². The van der Waals surface area contributed by atoms with Crippen LogP contribution in [0.2, 0.25) is 0 Å². The van der Waals surface area contributed by atoms with E-state index >= 15 is 0 Å². The van der Waals surface area contributed by atoms with Crippen LogP contribution in [0.15, 0.2) is 24.3 Å². The molecule has 0 radical (unpaired) electrons. The summed E-state index contributed by atoms with van der Waals surface area (Å²) >= 11 is 0. The van der Waals surface area contributed by atoms with Crippen LogP contribution in [0.3, 0.4) is 0 Å². The second-order valence-electron chi connectivity index (χ2n) is 5.97. The SMILES string of the molecule is CCCCC(N)(CN1CCCC1)c1ccc(OC)cc1. The van der Waals surface area contributed by atoms with Crippen molar-refractivity contribution in [3.63, 3.8) is 0 Å². The highest BCUT2D eigenvalue weighted by Gasteiger charge is 2.30. The van der Waals surface area contributed by atoms with Crippen molar-refractivity contribution in [2.75, 3.05) is 26.7 Å². The molecule has 0 aliphatic carbocycles. The zero-order valence-corrected chi connectivity index (χ0v) is 12.9. The molecule has 0 aromatic heterocycles. The molecule has 3 heteroatoms. The number of hydrogen-bond donors (Lipinski definition) is 1. The average molecular weight is 276 g/mol. The van der Waals surface area contributed by atoms with Gasteiger partial charge in [0.1, 0.15) is 5.75 Å². The first-order valence-corrected chi connectivity index (χ1v) is 7.84. The molecular formula is C17H28N2O. The number of likely N-dealkylation sites (tertiary alicyclic amines) is 1. The van der Waals surface area contributed by atoms with E-state index in [4.69, 9.17) is 10.5 Å². The third-order valence-corrected chi connectivity index (χ3v) is 4.35. The maximum Gasteiger partial charge on any atom is 0.118 e. The number of methoxy groups -OCH3 is 1. The van der Waals surface area contributed by atoms with Crippen molar-refractivity contribution in [3.05, 3.63) is 29.8 Å². The van der Waals surface area contributed by atoms with Crippen molar-refractivity contribution < 1.29 is 4.74 Å². The number of hydrogen-bond acceptors (Lipinski definition) is 3. The second-order valence-corrected chi connectivity index (χ2v) is 5.97. The third-order valence-electron chi connectivity index (χ3n) is 4.35. The molecule has 1 atom stereocenters. The van der Waals surface area contributed by atoms with Crippen molar-refractivity contribution in [2.45, 2.75) is 44.6 Å². The lowest BCUT2D eigenvalue weighted by molar-refractivity contribution is 0.232. The van der Waals surface area contributed by atoms with Crippen molar-refractivity contribution in [3.8, 4) is 5.75 Å². The van der Waals surface area contributed by atoms with Gasteiger partial charge in [-0.2, -0.15) is 0 Å². The summed E-state index contributed by atoms with van der Waals surface area (Å²) < 4.78 is 5.25. The Morgan fingerprint density at radius 2 is 1.85 bits per heavy atom. The molecule has 1 aromatic carbocycles. The van der Waals surface area contributed by atoms with E-state index in [0.717, 1.165) is 18.7 Å². The summed E-state index contributed by atoms with van der Waals surface area (Å²) in [6.45, 7) is 5.59. The van der Waals surface area contributed by atoms with E-state index in [1.165, 1.54) is 44.3 Å². The first-order valence-electron chi connectivity index (χ1n) is 7.84. The van der Waals surface area contributed by atoms with Crippen molar-refractivity contribution >= 4 is 0 Å². The summed E-state index contributed by atoms with van der Waals surface area (Å²) in [6.07, 6.45) is 6.04. The molecule has 1 saturated heterocycles. The van der Waals surface area contributed by atoms with Crippen LogP contribution < -0.4 is 10.5 Å². The standard InChI is InChI=1S/C17H28N2O/c1-3-4-11-17(18,14-19-12-5-6-13-19)15-7-9-16(20-2)10-8-15/h7-10H,3-6,11-14,18H2,1-2H3. The van der Waals surface area contributed by atoms with Crippen LogP contribution in [0.5, 0.6) is 5.75 Å². The number of benzene rings is 1. The van der Waals surface area contributed by atoms with Gasteiger partial charge in [-0.1, -0.05) is 31.9 Å². The molecule has 1 aliphatic heterocycles. The number of nitrogens with two attached hydrogens (primary N) is 1. The number of rotatable bonds is 7. The van der Waals surface area contributed by atoms with Gasteiger partial charge in [0.15, 0.2) is 0 Å². The van der Waals surface area contributed by atoms with Crippen LogP contribution in [0, 0.1) is 0 Å². The molecule has 1 unspecified atom stereocenters. The Bertz CT molecular complexity index is 398. The number of unbranched alkanes of at least 4 members (excludes halogenated alkanes) is 1. The minimum atomic E-state index is -0.230. The van der Waals surface area contributed by atoms with Crippen LogP contribution in [0.25, 0.3) is 0 Å². The quantitative estimate of drug-likeness (QED) is 0.831. The van der Waals surface area contributed by atoms with E-state index in [-0.39, 0.29) is 5.54 Å². The van der Waals surface area contributed by atoms with Crippen LogP contribution >= 0.6 is 0 Å². The van der Waals surface area contributed by atoms with Gasteiger partial charge < -0.3 is 15.4 Å². The smallest absolute Gasteiger partial charge is 0.118 e. The lowest BCUT2D eigenvalue weighted by Gasteiger charge is -2.34. The fraction of sp³-hybridized carbons (Fsp3) is 0.647. The Kier molecular flexibility index (Phi) is 5.44. The van der Waals surface area contributed by atoms with E-state index in [1.807, 2.05) is 12.1 Å². The Hall–Kier alpha value is -1.06. The Balaban J connectivity index is 2.14. The number of ether oxygens (including phenoxy) is 1. The molecule has 1 aliphatic rings. The first-order chi connectivity index (χ1) is 9.68. The zero-order valence-electron chi connectivity index (χ0n) is 12.9. The fourth-order valence-corrected chi connectivity index (χ4v) is 3.07. The zero-order chi connectivity index (χ0) is 14.4. The van der Waals surface area contributed by atoms with E-state index < -0.39 is 0 Å². The maximum atomic E-state index is 6.79. The Morgan fingerprint density at radius 3 is 2.40 bits per heavy atom. The summed E-state index contributed by atoms with van der Waals surface area (Å²) in [7, 11) is 1.70. The first kappa shape index (κ1) is 15.3. The van der Waals surface area contributed by atoms with Crippen molar-refractivity contribution in [1.82, 2.24) is 4.90 Å². The van der Waals surface area contributed by atoms with E-state index in [1.54, 1.807) is 7.11 Å². The molecule has 2 rings (SSSR count). The van der Waals surface area contributed by atoms with Crippen LogP contribution in [-0.2, 0) is 5.54 Å². The molecule has 0 amide bonds. The highest BCUT2D eigenvalue weighted by Crippen LogP contribution is 2.28. The maximum absolute atomic E-state index is 6.79. The van der Waals surface area contributed by atoms with Gasteiger partial charge in [-0.15, -0.1) is 0 Å². The molecule has 0 bridgehead atoms. The fourth-order valence-electron chi connectivity index (χ4n) is 3.07. The summed E-state index contributed by atoms with van der Waals surface area (Å²) in [4.78, 5) is 2.51. The van der Waals surface area contributed by atoms with E-state index in [0.29, 0.717) is 0 Å². The van der Waals surface area contributed by atoms with Crippen LogP contribution in [-0.4, -0.2) is 31.6 Å².